The summed E-state index contributed by atoms with van der Waals surface area (Å²) in [5.74, 6) is -0.603. The van der Waals surface area contributed by atoms with Crippen molar-refractivity contribution in [2.24, 2.45) is 0 Å². The number of nitrogens with zero attached hydrogens (tertiary/aromatic N) is 1. The minimum Gasteiger partial charge on any atom is -0.497 e. The summed E-state index contributed by atoms with van der Waals surface area (Å²) in [6.07, 6.45) is 0. The Morgan fingerprint density at radius 2 is 1.81 bits per heavy atom. The number of hydrogen-bond acceptors (Lipinski definition) is 5. The summed E-state index contributed by atoms with van der Waals surface area (Å²) in [4.78, 5) is 22.6. The molecular weight excluding hydrogens is 294 g/mol. The largest absolute Gasteiger partial charge is 0.497 e. The molecule has 108 valence electrons. The van der Waals surface area contributed by atoms with Crippen molar-refractivity contribution in [3.8, 4) is 5.75 Å². The van der Waals surface area contributed by atoms with Gasteiger partial charge in [-0.1, -0.05) is 11.8 Å². The van der Waals surface area contributed by atoms with Crippen LogP contribution in [0.4, 0.5) is 5.69 Å². The minimum atomic E-state index is -1.32. The van der Waals surface area contributed by atoms with Crippen LogP contribution in [-0.4, -0.2) is 23.1 Å². The van der Waals surface area contributed by atoms with Crippen molar-refractivity contribution in [2.75, 3.05) is 7.11 Å². The van der Waals surface area contributed by atoms with Crippen molar-refractivity contribution in [1.29, 1.82) is 0 Å². The number of nitro benzene ring substituents is 1. The molecule has 0 fully saturated rings. The molecule has 0 saturated heterocycles. The fraction of sp³-hybridized carbons (Fsp3) is 0.0714. The summed E-state index contributed by atoms with van der Waals surface area (Å²) in [5, 5.41) is 19.9. The second kappa shape index (κ2) is 6.27. The van der Waals surface area contributed by atoms with Gasteiger partial charge in [-0.25, -0.2) is 4.79 Å². The molecule has 0 aliphatic rings. The van der Waals surface area contributed by atoms with Gasteiger partial charge in [-0.2, -0.15) is 0 Å². The van der Waals surface area contributed by atoms with Gasteiger partial charge in [-0.05, 0) is 36.4 Å². The maximum atomic E-state index is 10.9. The van der Waals surface area contributed by atoms with Crippen molar-refractivity contribution >= 4 is 23.4 Å². The molecule has 0 radical (unpaired) electrons. The maximum absolute atomic E-state index is 10.9. The van der Waals surface area contributed by atoms with E-state index in [0.29, 0.717) is 10.6 Å². The first-order valence-electron chi connectivity index (χ1n) is 5.85. The molecule has 7 heteroatoms. The highest BCUT2D eigenvalue weighted by Crippen LogP contribution is 2.32. The summed E-state index contributed by atoms with van der Waals surface area (Å²) in [6.45, 7) is 0. The average molecular weight is 305 g/mol. The number of carboxylic acid groups (broad SMARTS) is 1. The first-order chi connectivity index (χ1) is 10.0. The minimum absolute atomic E-state index is 0.320. The summed E-state index contributed by atoms with van der Waals surface area (Å²) in [7, 11) is 1.57. The molecule has 0 aromatic heterocycles. The maximum Gasteiger partial charge on any atom is 0.342 e. The lowest BCUT2D eigenvalue weighted by molar-refractivity contribution is -0.385. The lowest BCUT2D eigenvalue weighted by Crippen LogP contribution is -2.02. The van der Waals surface area contributed by atoms with E-state index in [0.717, 1.165) is 4.90 Å². The number of aromatic carboxylic acids is 1. The molecule has 2 aromatic carbocycles. The van der Waals surface area contributed by atoms with Gasteiger partial charge in [-0.3, -0.25) is 10.1 Å². The smallest absolute Gasteiger partial charge is 0.342 e. The van der Waals surface area contributed by atoms with Gasteiger partial charge < -0.3 is 9.84 Å². The summed E-state index contributed by atoms with van der Waals surface area (Å²) in [5.41, 5.74) is -0.736. The SMILES string of the molecule is COc1ccc(Sc2ccc(C(=O)O)c([N+](=O)[O-])c2)cc1. The highest BCUT2D eigenvalue weighted by molar-refractivity contribution is 7.99. The molecule has 1 N–H and O–H groups in total. The van der Waals surface area contributed by atoms with E-state index in [1.54, 1.807) is 25.3 Å². The van der Waals surface area contributed by atoms with Gasteiger partial charge in [0, 0.05) is 15.9 Å². The van der Waals surface area contributed by atoms with Crippen molar-refractivity contribution in [2.45, 2.75) is 9.79 Å². The van der Waals surface area contributed by atoms with Gasteiger partial charge in [0.25, 0.3) is 5.69 Å². The molecule has 0 amide bonds. The summed E-state index contributed by atoms with van der Waals surface area (Å²) in [6, 6.07) is 11.3. The van der Waals surface area contributed by atoms with Crippen LogP contribution in [0.15, 0.2) is 52.3 Å². The van der Waals surface area contributed by atoms with Crippen LogP contribution < -0.4 is 4.74 Å². The fourth-order valence-corrected chi connectivity index (χ4v) is 2.54. The predicted octanol–water partition coefficient (Wildman–Crippen LogP) is 3.45. The highest BCUT2D eigenvalue weighted by Gasteiger charge is 2.20. The highest BCUT2D eigenvalue weighted by atomic mass is 32.2. The Morgan fingerprint density at radius 1 is 1.19 bits per heavy atom. The monoisotopic (exact) mass is 305 g/mol. The molecule has 0 atom stereocenters. The Balaban J connectivity index is 2.29. The Morgan fingerprint density at radius 3 is 2.33 bits per heavy atom. The third-order valence-corrected chi connectivity index (χ3v) is 3.69. The van der Waals surface area contributed by atoms with E-state index in [1.807, 2.05) is 12.1 Å². The van der Waals surface area contributed by atoms with Crippen LogP contribution in [0.25, 0.3) is 0 Å². The molecule has 0 heterocycles. The van der Waals surface area contributed by atoms with Gasteiger partial charge in [0.05, 0.1) is 12.0 Å². The number of ether oxygens (including phenoxy) is 1. The zero-order valence-electron chi connectivity index (χ0n) is 11.0. The predicted molar refractivity (Wildman–Crippen MR) is 77.2 cm³/mol. The number of carboxylic acids is 1. The number of nitro groups is 1. The molecule has 0 aliphatic heterocycles. The zero-order chi connectivity index (χ0) is 15.4. The molecule has 0 unspecified atom stereocenters. The van der Waals surface area contributed by atoms with Crippen molar-refractivity contribution in [3.05, 3.63) is 58.1 Å². The first kappa shape index (κ1) is 14.9. The van der Waals surface area contributed by atoms with Gasteiger partial charge >= 0.3 is 5.97 Å². The second-order valence-corrected chi connectivity index (χ2v) is 5.17. The number of carbonyl (C=O) groups is 1. The summed E-state index contributed by atoms with van der Waals surface area (Å²) < 4.78 is 5.05. The van der Waals surface area contributed by atoms with Crippen LogP contribution in [0.5, 0.6) is 5.75 Å². The zero-order valence-corrected chi connectivity index (χ0v) is 11.8. The molecule has 6 nitrogen and oxygen atoms in total. The fourth-order valence-electron chi connectivity index (χ4n) is 1.69. The van der Waals surface area contributed by atoms with E-state index >= 15 is 0 Å². The van der Waals surface area contributed by atoms with E-state index in [-0.39, 0.29) is 5.56 Å². The normalized spacial score (nSPS) is 10.1. The first-order valence-corrected chi connectivity index (χ1v) is 6.66. The number of benzene rings is 2. The number of rotatable bonds is 5. The van der Waals surface area contributed by atoms with Crippen LogP contribution in [0.2, 0.25) is 0 Å². The Hall–Kier alpha value is -2.54. The Labute approximate surface area is 124 Å². The molecule has 2 rings (SSSR count). The summed E-state index contributed by atoms with van der Waals surface area (Å²) >= 11 is 1.31. The lowest BCUT2D eigenvalue weighted by atomic mass is 10.2. The van der Waals surface area contributed by atoms with Crippen molar-refractivity contribution in [1.82, 2.24) is 0 Å². The number of hydrogen-bond donors (Lipinski definition) is 1. The third kappa shape index (κ3) is 3.51. The molecule has 2 aromatic rings. The number of methoxy groups -OCH3 is 1. The Bertz CT molecular complexity index is 684. The second-order valence-electron chi connectivity index (χ2n) is 4.02. The quantitative estimate of drug-likeness (QED) is 0.672. The van der Waals surface area contributed by atoms with Crippen LogP contribution in [0, 0.1) is 10.1 Å². The van der Waals surface area contributed by atoms with E-state index in [4.69, 9.17) is 9.84 Å². The van der Waals surface area contributed by atoms with Crippen LogP contribution >= 0.6 is 11.8 Å². The molecule has 0 saturated carbocycles. The molecule has 21 heavy (non-hydrogen) atoms. The van der Waals surface area contributed by atoms with Crippen LogP contribution in [0.1, 0.15) is 10.4 Å². The third-order valence-electron chi connectivity index (χ3n) is 2.69. The molecule has 0 spiro atoms. The van der Waals surface area contributed by atoms with Crippen LogP contribution in [0.3, 0.4) is 0 Å². The van der Waals surface area contributed by atoms with Gasteiger partial charge in [0.15, 0.2) is 0 Å². The Kier molecular flexibility index (Phi) is 4.44. The van der Waals surface area contributed by atoms with Crippen LogP contribution in [-0.2, 0) is 0 Å². The topological polar surface area (TPSA) is 89.7 Å². The van der Waals surface area contributed by atoms with E-state index in [1.165, 1.54) is 23.9 Å². The molecule has 0 bridgehead atoms. The van der Waals surface area contributed by atoms with E-state index < -0.39 is 16.6 Å². The van der Waals surface area contributed by atoms with E-state index in [9.17, 15) is 14.9 Å². The van der Waals surface area contributed by atoms with E-state index in [2.05, 4.69) is 0 Å². The molecular formula is C14H11NO5S. The standard InChI is InChI=1S/C14H11NO5S/c1-20-9-2-4-10(5-3-9)21-11-6-7-12(14(16)17)13(8-11)15(18)19/h2-8H,1H3,(H,16,17). The van der Waals surface area contributed by atoms with Gasteiger partial charge in [0.2, 0.25) is 0 Å². The average Bonchev–Trinajstić information content (AvgIpc) is 2.47. The lowest BCUT2D eigenvalue weighted by Gasteiger charge is -2.05. The van der Waals surface area contributed by atoms with Gasteiger partial charge in [-0.15, -0.1) is 0 Å². The van der Waals surface area contributed by atoms with Crippen molar-refractivity contribution < 1.29 is 19.6 Å². The van der Waals surface area contributed by atoms with Gasteiger partial charge in [0.1, 0.15) is 11.3 Å². The molecule has 0 aliphatic carbocycles. The van der Waals surface area contributed by atoms with Crippen molar-refractivity contribution in [3.63, 3.8) is 0 Å².